The summed E-state index contributed by atoms with van der Waals surface area (Å²) in [6.45, 7) is 1.96. The number of hydrogen-bond acceptors (Lipinski definition) is 2. The van der Waals surface area contributed by atoms with Gasteiger partial charge in [0.1, 0.15) is 0 Å². The van der Waals surface area contributed by atoms with Crippen molar-refractivity contribution in [2.45, 2.75) is 12.6 Å². The van der Waals surface area contributed by atoms with E-state index in [-0.39, 0.29) is 8.46 Å². The van der Waals surface area contributed by atoms with E-state index in [4.69, 9.17) is 0 Å². The smallest absolute Gasteiger partial charge is 0.159 e. The Kier molecular flexibility index (Phi) is 4.90. The Morgan fingerprint density at radius 2 is 2.43 bits per heavy atom. The van der Waals surface area contributed by atoms with Crippen LogP contribution in [-0.4, -0.2) is 17.7 Å². The van der Waals surface area contributed by atoms with Crippen molar-refractivity contribution in [2.24, 2.45) is 0 Å². The molecule has 0 aromatic rings. The van der Waals surface area contributed by atoms with Crippen LogP contribution < -0.4 is 0 Å². The lowest BCUT2D eigenvalue weighted by Crippen LogP contribution is -1.92. The molecule has 0 fully saturated rings. The van der Waals surface area contributed by atoms with E-state index in [9.17, 15) is 4.57 Å². The summed E-state index contributed by atoms with van der Waals surface area (Å²) in [6.07, 6.45) is 2.02. The lowest BCUT2D eigenvalue weighted by atomic mass is 10.6. The standard InChI is InChI=1S/C4H9OPS/c1-4(6-5)3-7-2/h4H,3H2,1-2H3. The summed E-state index contributed by atoms with van der Waals surface area (Å²) in [6, 6.07) is 0. The van der Waals surface area contributed by atoms with Crippen LogP contribution in [0.25, 0.3) is 0 Å². The molecule has 1 nitrogen and oxygen atoms in total. The minimum atomic E-state index is 0.273. The van der Waals surface area contributed by atoms with Crippen molar-refractivity contribution in [3.63, 3.8) is 0 Å². The predicted molar refractivity (Wildman–Crippen MR) is 35.5 cm³/mol. The molecule has 0 spiro atoms. The Morgan fingerprint density at radius 1 is 1.86 bits per heavy atom. The quantitative estimate of drug-likeness (QED) is 0.552. The lowest BCUT2D eigenvalue weighted by molar-refractivity contribution is 0.594. The fourth-order valence-corrected chi connectivity index (χ4v) is 1.44. The van der Waals surface area contributed by atoms with Crippen LogP contribution in [0.1, 0.15) is 6.92 Å². The Balaban J connectivity index is 2.98. The minimum Gasteiger partial charge on any atom is -0.275 e. The fraction of sp³-hybridized carbons (Fsp3) is 1.00. The van der Waals surface area contributed by atoms with Gasteiger partial charge in [-0.2, -0.15) is 11.8 Å². The molecule has 42 valence electrons. The van der Waals surface area contributed by atoms with Gasteiger partial charge < -0.3 is 0 Å². The molecule has 0 aromatic heterocycles. The topological polar surface area (TPSA) is 17.1 Å². The maximum Gasteiger partial charge on any atom is 0.159 e. The van der Waals surface area contributed by atoms with Crippen LogP contribution in [0.3, 0.4) is 0 Å². The van der Waals surface area contributed by atoms with Crippen molar-refractivity contribution in [3.8, 4) is 0 Å². The number of hydrogen-bond donors (Lipinski definition) is 0. The van der Waals surface area contributed by atoms with Gasteiger partial charge in [0, 0.05) is 11.4 Å². The maximum atomic E-state index is 9.98. The van der Waals surface area contributed by atoms with Crippen molar-refractivity contribution in [1.29, 1.82) is 0 Å². The van der Waals surface area contributed by atoms with Crippen LogP contribution in [0.2, 0.25) is 0 Å². The highest BCUT2D eigenvalue weighted by Crippen LogP contribution is 2.09. The molecule has 1 unspecified atom stereocenters. The normalized spacial score (nSPS) is 14.6. The van der Waals surface area contributed by atoms with Crippen molar-refractivity contribution in [3.05, 3.63) is 0 Å². The molecule has 0 aliphatic rings. The third-order valence-corrected chi connectivity index (χ3v) is 2.21. The summed E-state index contributed by atoms with van der Waals surface area (Å²) >= 11 is 1.73. The van der Waals surface area contributed by atoms with Gasteiger partial charge in [-0.3, -0.25) is 4.57 Å². The first-order valence-corrected chi connectivity index (χ1v) is 4.40. The first-order valence-electron chi connectivity index (χ1n) is 2.12. The van der Waals surface area contributed by atoms with Crippen LogP contribution in [0.4, 0.5) is 0 Å². The van der Waals surface area contributed by atoms with Gasteiger partial charge in [-0.15, -0.1) is 0 Å². The SMILES string of the molecule is CSCC(C)P=O. The minimum absolute atomic E-state index is 0.273. The van der Waals surface area contributed by atoms with E-state index in [1.807, 2.05) is 13.2 Å². The van der Waals surface area contributed by atoms with Gasteiger partial charge in [-0.25, -0.2) is 0 Å². The van der Waals surface area contributed by atoms with Gasteiger partial charge in [0.05, 0.1) is 0 Å². The molecule has 0 aromatic carbocycles. The number of rotatable bonds is 3. The summed E-state index contributed by atoms with van der Waals surface area (Å²) in [5.74, 6) is 0.991. The first-order chi connectivity index (χ1) is 3.31. The Hall–Kier alpha value is 0.450. The molecule has 0 aliphatic carbocycles. The van der Waals surface area contributed by atoms with Crippen LogP contribution >= 0.6 is 20.2 Å². The predicted octanol–water partition coefficient (Wildman–Crippen LogP) is 2.03. The summed E-state index contributed by atoms with van der Waals surface area (Å²) in [5.41, 5.74) is 0.329. The zero-order chi connectivity index (χ0) is 5.70. The van der Waals surface area contributed by atoms with Gasteiger partial charge in [0.2, 0.25) is 0 Å². The van der Waals surface area contributed by atoms with E-state index in [2.05, 4.69) is 0 Å². The van der Waals surface area contributed by atoms with E-state index in [0.29, 0.717) is 5.66 Å². The van der Waals surface area contributed by atoms with E-state index in [0.717, 1.165) is 5.75 Å². The van der Waals surface area contributed by atoms with Crippen LogP contribution in [0, 0.1) is 0 Å². The summed E-state index contributed by atoms with van der Waals surface area (Å²) in [7, 11) is 0.273. The third kappa shape index (κ3) is 4.30. The first kappa shape index (κ1) is 7.45. The zero-order valence-corrected chi connectivity index (χ0v) is 6.26. The highest BCUT2D eigenvalue weighted by molar-refractivity contribution is 7.98. The third-order valence-electron chi connectivity index (χ3n) is 0.588. The van der Waals surface area contributed by atoms with Gasteiger partial charge in [0.15, 0.2) is 8.46 Å². The molecule has 0 heterocycles. The molecule has 0 aliphatic heterocycles. The molecule has 0 saturated heterocycles. The zero-order valence-electron chi connectivity index (χ0n) is 4.55. The second-order valence-corrected chi connectivity index (χ2v) is 3.41. The average molecular weight is 136 g/mol. The Bertz CT molecular complexity index is 57.7. The molecule has 0 rings (SSSR count). The molecule has 0 radical (unpaired) electrons. The Labute approximate surface area is 50.1 Å². The average Bonchev–Trinajstić information content (AvgIpc) is 1.68. The van der Waals surface area contributed by atoms with Crippen molar-refractivity contribution >= 4 is 20.2 Å². The number of thioether (sulfide) groups is 1. The van der Waals surface area contributed by atoms with Crippen LogP contribution in [0.5, 0.6) is 0 Å². The van der Waals surface area contributed by atoms with Gasteiger partial charge in [-0.05, 0) is 6.26 Å². The van der Waals surface area contributed by atoms with E-state index < -0.39 is 0 Å². The summed E-state index contributed by atoms with van der Waals surface area (Å²) in [5, 5.41) is 0. The molecule has 0 saturated carbocycles. The molecular weight excluding hydrogens is 127 g/mol. The fourth-order valence-electron chi connectivity index (χ4n) is 0.272. The van der Waals surface area contributed by atoms with Crippen molar-refractivity contribution in [1.82, 2.24) is 0 Å². The van der Waals surface area contributed by atoms with Gasteiger partial charge >= 0.3 is 0 Å². The molecule has 7 heavy (non-hydrogen) atoms. The second kappa shape index (κ2) is 4.61. The van der Waals surface area contributed by atoms with Crippen molar-refractivity contribution in [2.75, 3.05) is 12.0 Å². The highest BCUT2D eigenvalue weighted by atomic mass is 32.2. The van der Waals surface area contributed by atoms with Crippen molar-refractivity contribution < 1.29 is 4.57 Å². The molecule has 0 amide bonds. The van der Waals surface area contributed by atoms with Gasteiger partial charge in [0.25, 0.3) is 0 Å². The highest BCUT2D eigenvalue weighted by Gasteiger charge is 1.95. The molecule has 3 heteroatoms. The van der Waals surface area contributed by atoms with E-state index in [1.165, 1.54) is 0 Å². The summed E-state index contributed by atoms with van der Waals surface area (Å²) in [4.78, 5) is 0. The Morgan fingerprint density at radius 3 is 2.57 bits per heavy atom. The van der Waals surface area contributed by atoms with Crippen LogP contribution in [0.15, 0.2) is 0 Å². The van der Waals surface area contributed by atoms with E-state index in [1.54, 1.807) is 11.8 Å². The molecular formula is C4H9OPS. The molecule has 1 atom stereocenters. The lowest BCUT2D eigenvalue weighted by Gasteiger charge is -1.93. The van der Waals surface area contributed by atoms with Gasteiger partial charge in [-0.1, -0.05) is 6.92 Å². The maximum absolute atomic E-state index is 9.98. The second-order valence-electron chi connectivity index (χ2n) is 1.41. The molecule has 0 N–H and O–H groups in total. The van der Waals surface area contributed by atoms with E-state index >= 15 is 0 Å². The monoisotopic (exact) mass is 136 g/mol. The molecule has 0 bridgehead atoms. The summed E-state index contributed by atoms with van der Waals surface area (Å²) < 4.78 is 9.98. The largest absolute Gasteiger partial charge is 0.275 e. The van der Waals surface area contributed by atoms with Crippen LogP contribution in [-0.2, 0) is 4.57 Å².